The maximum absolute atomic E-state index is 13.8. The van der Waals surface area contributed by atoms with Crippen molar-refractivity contribution in [3.8, 4) is 0 Å². The molecule has 0 aliphatic carbocycles. The number of H-pyrrole nitrogens is 1. The Morgan fingerprint density at radius 2 is 2.37 bits per heavy atom. The monoisotopic (exact) mass is 264 g/mol. The van der Waals surface area contributed by atoms with Crippen LogP contribution in [0.1, 0.15) is 28.9 Å². The number of carbonyl (C=O) groups excluding carboxylic acids is 1. The van der Waals surface area contributed by atoms with E-state index in [1.165, 1.54) is 12.3 Å². The molecule has 1 unspecified atom stereocenters. The SMILES string of the molecule is CC(NC(=O)c1ccnc(NN)c1F)c1cn[nH]c1. The summed E-state index contributed by atoms with van der Waals surface area (Å²) in [6, 6.07) is 0.987. The van der Waals surface area contributed by atoms with Crippen molar-refractivity contribution in [3.63, 3.8) is 0 Å². The van der Waals surface area contributed by atoms with Gasteiger partial charge in [0, 0.05) is 18.0 Å². The number of carbonyl (C=O) groups is 1. The minimum Gasteiger partial charge on any atom is -0.345 e. The molecule has 0 saturated carbocycles. The lowest BCUT2D eigenvalue weighted by atomic mass is 10.1. The predicted octanol–water partition coefficient (Wildman–Crippen LogP) is 0.720. The maximum atomic E-state index is 13.8. The van der Waals surface area contributed by atoms with Crippen LogP contribution in [0.4, 0.5) is 10.2 Å². The standard InChI is InChI=1S/C11H13FN6O/c1-6(7-4-15-16-5-7)17-11(19)8-2-3-14-10(18-13)9(8)12/h2-6H,13H2,1H3,(H,14,18)(H,15,16)(H,17,19). The maximum Gasteiger partial charge on any atom is 0.254 e. The quantitative estimate of drug-likeness (QED) is 0.480. The van der Waals surface area contributed by atoms with Gasteiger partial charge < -0.3 is 10.7 Å². The normalized spacial score (nSPS) is 11.9. The second-order valence-corrected chi connectivity index (χ2v) is 3.89. The van der Waals surface area contributed by atoms with Gasteiger partial charge in [-0.1, -0.05) is 0 Å². The summed E-state index contributed by atoms with van der Waals surface area (Å²) in [7, 11) is 0. The third-order valence-electron chi connectivity index (χ3n) is 2.64. The van der Waals surface area contributed by atoms with E-state index in [0.717, 1.165) is 5.56 Å². The van der Waals surface area contributed by atoms with Crippen LogP contribution in [-0.4, -0.2) is 21.1 Å². The zero-order chi connectivity index (χ0) is 13.8. The highest BCUT2D eigenvalue weighted by Gasteiger charge is 2.18. The van der Waals surface area contributed by atoms with E-state index in [2.05, 4.69) is 25.9 Å². The minimum absolute atomic E-state index is 0.127. The van der Waals surface area contributed by atoms with Crippen LogP contribution in [0.25, 0.3) is 0 Å². The first-order valence-corrected chi connectivity index (χ1v) is 5.54. The van der Waals surface area contributed by atoms with Gasteiger partial charge in [0.1, 0.15) is 0 Å². The van der Waals surface area contributed by atoms with Crippen molar-refractivity contribution < 1.29 is 9.18 Å². The number of aromatic amines is 1. The molecule has 0 aromatic carbocycles. The van der Waals surface area contributed by atoms with Gasteiger partial charge in [-0.05, 0) is 13.0 Å². The Balaban J connectivity index is 2.16. The molecule has 1 amide bonds. The van der Waals surface area contributed by atoms with Crippen molar-refractivity contribution >= 4 is 11.7 Å². The summed E-state index contributed by atoms with van der Waals surface area (Å²) in [4.78, 5) is 15.6. The van der Waals surface area contributed by atoms with Crippen molar-refractivity contribution in [2.24, 2.45) is 5.84 Å². The van der Waals surface area contributed by atoms with Gasteiger partial charge in [0.25, 0.3) is 5.91 Å². The van der Waals surface area contributed by atoms with Crippen LogP contribution >= 0.6 is 0 Å². The van der Waals surface area contributed by atoms with E-state index in [1.54, 1.807) is 19.3 Å². The predicted molar refractivity (Wildman–Crippen MR) is 66.5 cm³/mol. The van der Waals surface area contributed by atoms with Gasteiger partial charge in [-0.25, -0.2) is 15.2 Å². The first-order valence-electron chi connectivity index (χ1n) is 5.54. The Labute approximate surface area is 108 Å². The Morgan fingerprint density at radius 3 is 3.00 bits per heavy atom. The summed E-state index contributed by atoms with van der Waals surface area (Å²) in [5, 5.41) is 9.08. The molecule has 19 heavy (non-hydrogen) atoms. The number of nitrogen functional groups attached to an aromatic ring is 1. The van der Waals surface area contributed by atoms with E-state index in [0.29, 0.717) is 0 Å². The van der Waals surface area contributed by atoms with Gasteiger partial charge in [-0.3, -0.25) is 9.89 Å². The Morgan fingerprint density at radius 1 is 1.58 bits per heavy atom. The second-order valence-electron chi connectivity index (χ2n) is 3.89. The summed E-state index contributed by atoms with van der Waals surface area (Å²) >= 11 is 0. The number of rotatable bonds is 4. The molecule has 0 bridgehead atoms. The third kappa shape index (κ3) is 2.68. The number of amides is 1. The summed E-state index contributed by atoms with van der Waals surface area (Å²) < 4.78 is 13.8. The molecule has 0 fully saturated rings. The van der Waals surface area contributed by atoms with Gasteiger partial charge in [-0.2, -0.15) is 5.10 Å². The molecule has 100 valence electrons. The molecule has 2 heterocycles. The first-order chi connectivity index (χ1) is 9.13. The van der Waals surface area contributed by atoms with Crippen molar-refractivity contribution in [2.45, 2.75) is 13.0 Å². The largest absolute Gasteiger partial charge is 0.345 e. The van der Waals surface area contributed by atoms with E-state index in [-0.39, 0.29) is 17.4 Å². The molecule has 0 spiro atoms. The average Bonchev–Trinajstić information content (AvgIpc) is 2.92. The zero-order valence-electron chi connectivity index (χ0n) is 10.1. The molecule has 1 atom stereocenters. The molecule has 0 aliphatic heterocycles. The number of aromatic nitrogens is 3. The first kappa shape index (κ1) is 13.0. The number of nitrogens with one attached hydrogen (secondary N) is 3. The lowest BCUT2D eigenvalue weighted by Crippen LogP contribution is -2.27. The highest BCUT2D eigenvalue weighted by Crippen LogP contribution is 2.16. The highest BCUT2D eigenvalue weighted by molar-refractivity contribution is 5.95. The van der Waals surface area contributed by atoms with Gasteiger partial charge in [-0.15, -0.1) is 0 Å². The van der Waals surface area contributed by atoms with Crippen LogP contribution in [-0.2, 0) is 0 Å². The molecule has 0 saturated heterocycles. The molecule has 5 N–H and O–H groups in total. The van der Waals surface area contributed by atoms with Crippen molar-refractivity contribution in [2.75, 3.05) is 5.43 Å². The summed E-state index contributed by atoms with van der Waals surface area (Å²) in [6.07, 6.45) is 4.54. The zero-order valence-corrected chi connectivity index (χ0v) is 10.1. The minimum atomic E-state index is -0.790. The number of halogens is 1. The topological polar surface area (TPSA) is 109 Å². The molecule has 0 aliphatic rings. The van der Waals surface area contributed by atoms with E-state index in [1.807, 2.05) is 0 Å². The van der Waals surface area contributed by atoms with Crippen LogP contribution in [0.5, 0.6) is 0 Å². The van der Waals surface area contributed by atoms with Gasteiger partial charge >= 0.3 is 0 Å². The average molecular weight is 264 g/mol. The fourth-order valence-corrected chi connectivity index (χ4v) is 1.58. The number of nitrogens with zero attached hydrogens (tertiary/aromatic N) is 2. The van der Waals surface area contributed by atoms with E-state index in [9.17, 15) is 9.18 Å². The molecule has 7 nitrogen and oxygen atoms in total. The molecule has 2 aromatic heterocycles. The second kappa shape index (κ2) is 5.44. The lowest BCUT2D eigenvalue weighted by molar-refractivity contribution is 0.0936. The van der Waals surface area contributed by atoms with E-state index < -0.39 is 11.7 Å². The third-order valence-corrected chi connectivity index (χ3v) is 2.64. The molecule has 2 rings (SSSR count). The summed E-state index contributed by atoms with van der Waals surface area (Å²) in [6.45, 7) is 1.77. The molecule has 0 radical (unpaired) electrons. The number of hydrogen-bond acceptors (Lipinski definition) is 5. The Bertz CT molecular complexity index is 571. The van der Waals surface area contributed by atoms with Crippen LogP contribution in [0.15, 0.2) is 24.7 Å². The number of pyridine rings is 1. The van der Waals surface area contributed by atoms with Crippen LogP contribution in [0, 0.1) is 5.82 Å². The van der Waals surface area contributed by atoms with E-state index >= 15 is 0 Å². The Hall–Kier alpha value is -2.48. The summed E-state index contributed by atoms with van der Waals surface area (Å²) in [5.41, 5.74) is 2.76. The number of nitrogens with two attached hydrogens (primary N) is 1. The summed E-state index contributed by atoms with van der Waals surface area (Å²) in [5.74, 6) is 3.58. The van der Waals surface area contributed by atoms with Crippen molar-refractivity contribution in [3.05, 3.63) is 41.6 Å². The number of anilines is 1. The smallest absolute Gasteiger partial charge is 0.254 e. The van der Waals surface area contributed by atoms with Gasteiger partial charge in [0.05, 0.1) is 17.8 Å². The lowest BCUT2D eigenvalue weighted by Gasteiger charge is -2.13. The fraction of sp³-hybridized carbons (Fsp3) is 0.182. The molecular formula is C11H13FN6O. The fourth-order valence-electron chi connectivity index (χ4n) is 1.58. The van der Waals surface area contributed by atoms with Crippen LogP contribution in [0.3, 0.4) is 0 Å². The van der Waals surface area contributed by atoms with Crippen molar-refractivity contribution in [1.29, 1.82) is 0 Å². The molecule has 8 heteroatoms. The molecule has 2 aromatic rings. The van der Waals surface area contributed by atoms with Crippen molar-refractivity contribution in [1.82, 2.24) is 20.5 Å². The number of hydrazine groups is 1. The molecular weight excluding hydrogens is 251 g/mol. The Kier molecular flexibility index (Phi) is 3.71. The van der Waals surface area contributed by atoms with Gasteiger partial charge in [0.2, 0.25) is 0 Å². The van der Waals surface area contributed by atoms with Gasteiger partial charge in [0.15, 0.2) is 11.6 Å². The van der Waals surface area contributed by atoms with E-state index in [4.69, 9.17) is 5.84 Å². The number of hydrogen-bond donors (Lipinski definition) is 4. The van der Waals surface area contributed by atoms with Crippen LogP contribution in [0.2, 0.25) is 0 Å². The van der Waals surface area contributed by atoms with Crippen LogP contribution < -0.4 is 16.6 Å². The highest BCUT2D eigenvalue weighted by atomic mass is 19.1.